The van der Waals surface area contributed by atoms with Gasteiger partial charge in [-0.2, -0.15) is 0 Å². The molecule has 9 heteroatoms. The minimum Gasteiger partial charge on any atom is -0.352 e. The molecule has 0 spiro atoms. The third-order valence-electron chi connectivity index (χ3n) is 6.02. The number of carbonyl (C=O) groups is 2. The van der Waals surface area contributed by atoms with Gasteiger partial charge in [0.05, 0.1) is 10.6 Å². The molecular weight excluding hydrogens is 522 g/mol. The molecular formula is C29H34ClN3O4S. The maximum absolute atomic E-state index is 13.9. The van der Waals surface area contributed by atoms with E-state index in [1.807, 2.05) is 33.8 Å². The van der Waals surface area contributed by atoms with E-state index in [9.17, 15) is 18.0 Å². The highest BCUT2D eigenvalue weighted by atomic mass is 35.5. The molecule has 0 bridgehead atoms. The molecule has 7 nitrogen and oxygen atoms in total. The lowest BCUT2D eigenvalue weighted by molar-refractivity contribution is -0.139. The fourth-order valence-corrected chi connectivity index (χ4v) is 5.59. The summed E-state index contributed by atoms with van der Waals surface area (Å²) < 4.78 is 28.8. The molecule has 202 valence electrons. The zero-order chi connectivity index (χ0) is 28.0. The summed E-state index contributed by atoms with van der Waals surface area (Å²) in [5, 5.41) is 3.34. The summed E-state index contributed by atoms with van der Waals surface area (Å²) in [5.74, 6) is -0.854. The van der Waals surface area contributed by atoms with E-state index in [0.29, 0.717) is 10.7 Å². The molecule has 0 aromatic heterocycles. The fraction of sp³-hybridized carbons (Fsp3) is 0.310. The number of halogens is 1. The lowest BCUT2D eigenvalue weighted by atomic mass is 10.1. The van der Waals surface area contributed by atoms with Gasteiger partial charge in [-0.05, 0) is 82.1 Å². The Morgan fingerprint density at radius 1 is 0.895 bits per heavy atom. The van der Waals surface area contributed by atoms with Crippen LogP contribution in [0.5, 0.6) is 0 Å². The molecule has 2 amide bonds. The van der Waals surface area contributed by atoms with Gasteiger partial charge in [0.15, 0.2) is 0 Å². The Balaban J connectivity index is 2.03. The molecule has 0 aliphatic rings. The molecule has 38 heavy (non-hydrogen) atoms. The summed E-state index contributed by atoms with van der Waals surface area (Å²) in [6, 6.07) is 19.5. The first-order valence-electron chi connectivity index (χ1n) is 12.4. The largest absolute Gasteiger partial charge is 0.352 e. The molecule has 3 rings (SSSR count). The first kappa shape index (κ1) is 29.2. The first-order chi connectivity index (χ1) is 17.9. The zero-order valence-corrected chi connectivity index (χ0v) is 23.9. The van der Waals surface area contributed by atoms with E-state index in [-0.39, 0.29) is 23.4 Å². The van der Waals surface area contributed by atoms with Crippen LogP contribution in [0.3, 0.4) is 0 Å². The SMILES string of the molecule is Cc1ccc(S(=O)(=O)N(CC(=O)N(Cc2cccc(Cl)c2)C(C)C(=O)NC(C)C)c2cccc(C)c2)cc1. The molecule has 1 unspecified atom stereocenters. The summed E-state index contributed by atoms with van der Waals surface area (Å²) in [7, 11) is -4.10. The molecule has 0 heterocycles. The minimum atomic E-state index is -4.10. The third-order valence-corrected chi connectivity index (χ3v) is 8.04. The van der Waals surface area contributed by atoms with Gasteiger partial charge in [-0.25, -0.2) is 8.42 Å². The van der Waals surface area contributed by atoms with Gasteiger partial charge in [0.2, 0.25) is 11.8 Å². The molecule has 0 saturated carbocycles. The van der Waals surface area contributed by atoms with Crippen molar-refractivity contribution in [3.8, 4) is 0 Å². The van der Waals surface area contributed by atoms with Crippen molar-refractivity contribution in [2.75, 3.05) is 10.8 Å². The van der Waals surface area contributed by atoms with Crippen molar-refractivity contribution in [3.63, 3.8) is 0 Å². The van der Waals surface area contributed by atoms with Crippen molar-refractivity contribution in [2.45, 2.75) is 58.1 Å². The quantitative estimate of drug-likeness (QED) is 0.377. The standard InChI is InChI=1S/C29H34ClN3O4S/c1-20(2)31-29(35)23(5)32(18-24-9-7-10-25(30)17-24)28(34)19-33(26-11-6-8-22(4)16-26)38(36,37)27-14-12-21(3)13-15-27/h6-17,20,23H,18-19H2,1-5H3,(H,31,35). The van der Waals surface area contributed by atoms with Crippen LogP contribution in [0.4, 0.5) is 5.69 Å². The number of nitrogens with one attached hydrogen (secondary N) is 1. The monoisotopic (exact) mass is 555 g/mol. The van der Waals surface area contributed by atoms with E-state index in [1.54, 1.807) is 61.5 Å². The predicted molar refractivity (Wildman–Crippen MR) is 152 cm³/mol. The second-order valence-electron chi connectivity index (χ2n) is 9.65. The summed E-state index contributed by atoms with van der Waals surface area (Å²) >= 11 is 6.17. The molecule has 0 saturated heterocycles. The van der Waals surface area contributed by atoms with E-state index in [1.165, 1.54) is 17.0 Å². The maximum Gasteiger partial charge on any atom is 0.264 e. The summed E-state index contributed by atoms with van der Waals surface area (Å²) in [5.41, 5.74) is 2.85. The molecule has 3 aromatic rings. The number of anilines is 1. The maximum atomic E-state index is 13.9. The van der Waals surface area contributed by atoms with E-state index in [0.717, 1.165) is 21.0 Å². The Bertz CT molecular complexity index is 1390. The highest BCUT2D eigenvalue weighted by Crippen LogP contribution is 2.26. The number of carbonyl (C=O) groups excluding carboxylic acids is 2. The van der Waals surface area contributed by atoms with Crippen LogP contribution < -0.4 is 9.62 Å². The molecule has 0 aliphatic heterocycles. The van der Waals surface area contributed by atoms with Crippen LogP contribution in [0, 0.1) is 13.8 Å². The van der Waals surface area contributed by atoms with E-state index >= 15 is 0 Å². The van der Waals surface area contributed by atoms with Crippen LogP contribution in [0.2, 0.25) is 5.02 Å². The van der Waals surface area contributed by atoms with Crippen molar-refractivity contribution in [1.82, 2.24) is 10.2 Å². The molecule has 0 aliphatic carbocycles. The van der Waals surface area contributed by atoms with E-state index < -0.39 is 28.5 Å². The lowest BCUT2D eigenvalue weighted by Crippen LogP contribution is -2.52. The van der Waals surface area contributed by atoms with Crippen LogP contribution in [0.1, 0.15) is 37.5 Å². The van der Waals surface area contributed by atoms with Crippen LogP contribution in [0.25, 0.3) is 0 Å². The van der Waals surface area contributed by atoms with Crippen LogP contribution >= 0.6 is 11.6 Å². The molecule has 0 radical (unpaired) electrons. The predicted octanol–water partition coefficient (Wildman–Crippen LogP) is 5.09. The van der Waals surface area contributed by atoms with Crippen LogP contribution in [0.15, 0.2) is 77.7 Å². The number of rotatable bonds is 10. The zero-order valence-electron chi connectivity index (χ0n) is 22.3. The topological polar surface area (TPSA) is 86.8 Å². The normalized spacial score (nSPS) is 12.2. The Kier molecular flexibility index (Phi) is 9.57. The van der Waals surface area contributed by atoms with E-state index in [2.05, 4.69) is 5.32 Å². The van der Waals surface area contributed by atoms with Gasteiger partial charge < -0.3 is 10.2 Å². The number of amides is 2. The summed E-state index contributed by atoms with van der Waals surface area (Å²) in [6.45, 7) is 8.62. The van der Waals surface area contributed by atoms with Crippen molar-refractivity contribution in [2.24, 2.45) is 0 Å². The Hall–Kier alpha value is -3.36. The minimum absolute atomic E-state index is 0.0735. The summed E-state index contributed by atoms with van der Waals surface area (Å²) in [4.78, 5) is 28.3. The molecule has 3 aromatic carbocycles. The number of hydrogen-bond acceptors (Lipinski definition) is 4. The van der Waals surface area contributed by atoms with Gasteiger partial charge in [-0.15, -0.1) is 0 Å². The third kappa shape index (κ3) is 7.36. The van der Waals surface area contributed by atoms with Gasteiger partial charge in [0.1, 0.15) is 12.6 Å². The fourth-order valence-electron chi connectivity index (χ4n) is 3.97. The second kappa shape index (κ2) is 12.5. The second-order valence-corrected chi connectivity index (χ2v) is 12.0. The van der Waals surface area contributed by atoms with Gasteiger partial charge in [-0.3, -0.25) is 13.9 Å². The Morgan fingerprint density at radius 3 is 2.16 bits per heavy atom. The lowest BCUT2D eigenvalue weighted by Gasteiger charge is -2.32. The average molecular weight is 556 g/mol. The van der Waals surface area contributed by atoms with Crippen molar-refractivity contribution < 1.29 is 18.0 Å². The molecule has 1 atom stereocenters. The van der Waals surface area contributed by atoms with Gasteiger partial charge in [0, 0.05) is 17.6 Å². The highest BCUT2D eigenvalue weighted by Gasteiger charge is 2.32. The number of aryl methyl sites for hydroxylation is 2. The number of nitrogens with zero attached hydrogens (tertiary/aromatic N) is 2. The van der Waals surface area contributed by atoms with Crippen molar-refractivity contribution >= 4 is 39.1 Å². The molecule has 1 N–H and O–H groups in total. The summed E-state index contributed by atoms with van der Waals surface area (Å²) in [6.07, 6.45) is 0. The smallest absolute Gasteiger partial charge is 0.264 e. The van der Waals surface area contributed by atoms with Crippen molar-refractivity contribution in [1.29, 1.82) is 0 Å². The Labute approximate surface area is 230 Å². The number of sulfonamides is 1. The van der Waals surface area contributed by atoms with Crippen molar-refractivity contribution in [3.05, 3.63) is 94.5 Å². The molecule has 0 fully saturated rings. The van der Waals surface area contributed by atoms with Gasteiger partial charge in [-0.1, -0.05) is 53.6 Å². The van der Waals surface area contributed by atoms with E-state index in [4.69, 9.17) is 11.6 Å². The van der Waals surface area contributed by atoms with Crippen LogP contribution in [-0.4, -0.2) is 43.8 Å². The van der Waals surface area contributed by atoms with Gasteiger partial charge in [0.25, 0.3) is 10.0 Å². The number of benzene rings is 3. The Morgan fingerprint density at radius 2 is 1.55 bits per heavy atom. The average Bonchev–Trinajstić information content (AvgIpc) is 2.85. The highest BCUT2D eigenvalue weighted by molar-refractivity contribution is 7.92. The first-order valence-corrected chi connectivity index (χ1v) is 14.2. The number of hydrogen-bond donors (Lipinski definition) is 1. The van der Waals surface area contributed by atoms with Gasteiger partial charge >= 0.3 is 0 Å². The van der Waals surface area contributed by atoms with Crippen LogP contribution in [-0.2, 0) is 26.2 Å².